The van der Waals surface area contributed by atoms with E-state index in [2.05, 4.69) is 5.32 Å². The summed E-state index contributed by atoms with van der Waals surface area (Å²) in [6, 6.07) is 5.36. The van der Waals surface area contributed by atoms with Crippen LogP contribution < -0.4 is 10.2 Å². The third kappa shape index (κ3) is 3.04. The van der Waals surface area contributed by atoms with Crippen molar-refractivity contribution in [3.05, 3.63) is 29.8 Å². The maximum atomic E-state index is 12.8. The molecule has 1 N–H and O–H groups in total. The highest BCUT2D eigenvalue weighted by Crippen LogP contribution is 2.31. The molecule has 0 atom stereocenters. The van der Waals surface area contributed by atoms with Crippen LogP contribution in [0.25, 0.3) is 0 Å². The van der Waals surface area contributed by atoms with E-state index in [-0.39, 0.29) is 11.8 Å². The van der Waals surface area contributed by atoms with E-state index in [1.165, 1.54) is 12.1 Å². The second-order valence-electron chi connectivity index (χ2n) is 5.72. The van der Waals surface area contributed by atoms with Gasteiger partial charge in [0.25, 0.3) is 0 Å². The Kier molecular flexibility index (Phi) is 3.99. The standard InChI is InChI=1S/C15H18F3N3O/c16-15(17,18)12-2-1-3-13(8-12)20-4-6-21(7-5-20)14(22)11-9-19-10-11/h1-3,8,11,19H,4-7,9-10H2. The van der Waals surface area contributed by atoms with Gasteiger partial charge in [0.1, 0.15) is 0 Å². The zero-order chi connectivity index (χ0) is 15.7. The number of hydrogen-bond donors (Lipinski definition) is 1. The molecule has 0 aromatic heterocycles. The van der Waals surface area contributed by atoms with Crippen molar-refractivity contribution in [1.82, 2.24) is 10.2 Å². The van der Waals surface area contributed by atoms with Gasteiger partial charge in [0, 0.05) is 45.0 Å². The van der Waals surface area contributed by atoms with Gasteiger partial charge in [0.15, 0.2) is 0 Å². The quantitative estimate of drug-likeness (QED) is 0.900. The van der Waals surface area contributed by atoms with Crippen molar-refractivity contribution in [3.8, 4) is 0 Å². The van der Waals surface area contributed by atoms with Crippen LogP contribution in [-0.4, -0.2) is 50.1 Å². The molecule has 1 aromatic rings. The van der Waals surface area contributed by atoms with E-state index in [0.717, 1.165) is 19.2 Å². The highest BCUT2D eigenvalue weighted by Gasteiger charge is 2.33. The van der Waals surface area contributed by atoms with Gasteiger partial charge in [-0.05, 0) is 18.2 Å². The molecule has 0 radical (unpaired) electrons. The number of carbonyl (C=O) groups excluding carboxylic acids is 1. The van der Waals surface area contributed by atoms with E-state index in [1.807, 2.05) is 9.80 Å². The SMILES string of the molecule is O=C(C1CNC1)N1CCN(c2cccc(C(F)(F)F)c2)CC1. The largest absolute Gasteiger partial charge is 0.416 e. The maximum absolute atomic E-state index is 12.8. The first-order chi connectivity index (χ1) is 10.4. The number of carbonyl (C=O) groups is 1. The Morgan fingerprint density at radius 3 is 2.36 bits per heavy atom. The molecule has 4 nitrogen and oxygen atoms in total. The van der Waals surface area contributed by atoms with Gasteiger partial charge in [-0.1, -0.05) is 6.07 Å². The summed E-state index contributed by atoms with van der Waals surface area (Å²) in [4.78, 5) is 15.8. The van der Waals surface area contributed by atoms with Gasteiger partial charge in [0.05, 0.1) is 11.5 Å². The molecule has 3 rings (SSSR count). The Balaban J connectivity index is 1.62. The van der Waals surface area contributed by atoms with E-state index < -0.39 is 11.7 Å². The highest BCUT2D eigenvalue weighted by molar-refractivity contribution is 5.80. The number of anilines is 1. The molecular formula is C15H18F3N3O. The minimum Gasteiger partial charge on any atom is -0.368 e. The Hall–Kier alpha value is -1.76. The molecule has 7 heteroatoms. The fraction of sp³-hybridized carbons (Fsp3) is 0.533. The average Bonchev–Trinajstić information content (AvgIpc) is 2.45. The number of nitrogens with one attached hydrogen (secondary N) is 1. The molecule has 1 aromatic carbocycles. The van der Waals surface area contributed by atoms with Crippen LogP contribution in [0.4, 0.5) is 18.9 Å². The van der Waals surface area contributed by atoms with E-state index >= 15 is 0 Å². The summed E-state index contributed by atoms with van der Waals surface area (Å²) in [5.41, 5.74) is -0.0729. The lowest BCUT2D eigenvalue weighted by molar-refractivity contribution is -0.138. The van der Waals surface area contributed by atoms with E-state index in [0.29, 0.717) is 31.9 Å². The Labute approximate surface area is 126 Å². The predicted octanol–water partition coefficient (Wildman–Crippen LogP) is 1.57. The molecule has 120 valence electrons. The summed E-state index contributed by atoms with van der Waals surface area (Å²) < 4.78 is 38.3. The normalized spacial score (nSPS) is 20.0. The van der Waals surface area contributed by atoms with E-state index in [9.17, 15) is 18.0 Å². The van der Waals surface area contributed by atoms with Crippen molar-refractivity contribution in [3.63, 3.8) is 0 Å². The second kappa shape index (κ2) is 5.79. The van der Waals surface area contributed by atoms with Crippen LogP contribution in [0.2, 0.25) is 0 Å². The lowest BCUT2D eigenvalue weighted by Crippen LogP contribution is -2.56. The van der Waals surface area contributed by atoms with Crippen LogP contribution in [0.5, 0.6) is 0 Å². The number of rotatable bonds is 2. The zero-order valence-electron chi connectivity index (χ0n) is 12.1. The molecule has 22 heavy (non-hydrogen) atoms. The lowest BCUT2D eigenvalue weighted by atomic mass is 10.0. The number of halogens is 3. The predicted molar refractivity (Wildman–Crippen MR) is 76.6 cm³/mol. The van der Waals surface area contributed by atoms with Crippen LogP contribution >= 0.6 is 0 Å². The third-order valence-electron chi connectivity index (χ3n) is 4.26. The molecule has 2 heterocycles. The van der Waals surface area contributed by atoms with Gasteiger partial charge in [-0.3, -0.25) is 4.79 Å². The summed E-state index contributed by atoms with van der Waals surface area (Å²) in [6.07, 6.45) is -4.33. The first-order valence-electron chi connectivity index (χ1n) is 7.37. The Morgan fingerprint density at radius 1 is 1.14 bits per heavy atom. The van der Waals surface area contributed by atoms with Crippen LogP contribution in [0.15, 0.2) is 24.3 Å². The molecule has 0 aliphatic carbocycles. The number of piperazine rings is 1. The molecule has 0 spiro atoms. The summed E-state index contributed by atoms with van der Waals surface area (Å²) in [5.74, 6) is 0.225. The Morgan fingerprint density at radius 2 is 1.82 bits per heavy atom. The minimum atomic E-state index is -4.33. The summed E-state index contributed by atoms with van der Waals surface area (Å²) in [5, 5.41) is 3.07. The maximum Gasteiger partial charge on any atom is 0.416 e. The van der Waals surface area contributed by atoms with E-state index in [1.54, 1.807) is 6.07 Å². The van der Waals surface area contributed by atoms with Crippen molar-refractivity contribution in [1.29, 1.82) is 0 Å². The van der Waals surface area contributed by atoms with Crippen molar-refractivity contribution in [2.24, 2.45) is 5.92 Å². The van der Waals surface area contributed by atoms with Gasteiger partial charge >= 0.3 is 6.18 Å². The van der Waals surface area contributed by atoms with Crippen LogP contribution in [0.1, 0.15) is 5.56 Å². The second-order valence-corrected chi connectivity index (χ2v) is 5.72. The van der Waals surface area contributed by atoms with Gasteiger partial charge in [-0.2, -0.15) is 13.2 Å². The van der Waals surface area contributed by atoms with Gasteiger partial charge in [-0.15, -0.1) is 0 Å². The van der Waals surface area contributed by atoms with Gasteiger partial charge < -0.3 is 15.1 Å². The first-order valence-corrected chi connectivity index (χ1v) is 7.37. The van der Waals surface area contributed by atoms with E-state index in [4.69, 9.17) is 0 Å². The molecule has 0 saturated carbocycles. The first kappa shape index (κ1) is 15.1. The number of hydrogen-bond acceptors (Lipinski definition) is 3. The molecular weight excluding hydrogens is 295 g/mol. The van der Waals surface area contributed by atoms with Gasteiger partial charge in [0.2, 0.25) is 5.91 Å². The fourth-order valence-corrected chi connectivity index (χ4v) is 2.79. The van der Waals surface area contributed by atoms with Gasteiger partial charge in [-0.25, -0.2) is 0 Å². The molecule has 2 aliphatic rings. The van der Waals surface area contributed by atoms with Crippen molar-refractivity contribution < 1.29 is 18.0 Å². The lowest BCUT2D eigenvalue weighted by Gasteiger charge is -2.39. The summed E-state index contributed by atoms with van der Waals surface area (Å²) in [6.45, 7) is 3.71. The van der Waals surface area contributed by atoms with Crippen LogP contribution in [-0.2, 0) is 11.0 Å². The van der Waals surface area contributed by atoms with Crippen LogP contribution in [0.3, 0.4) is 0 Å². The molecule has 2 saturated heterocycles. The monoisotopic (exact) mass is 313 g/mol. The molecule has 2 fully saturated rings. The molecule has 0 bridgehead atoms. The third-order valence-corrected chi connectivity index (χ3v) is 4.26. The fourth-order valence-electron chi connectivity index (χ4n) is 2.79. The minimum absolute atomic E-state index is 0.0695. The topological polar surface area (TPSA) is 35.6 Å². The smallest absolute Gasteiger partial charge is 0.368 e. The number of benzene rings is 1. The van der Waals surface area contributed by atoms with Crippen molar-refractivity contribution >= 4 is 11.6 Å². The molecule has 0 unspecified atom stereocenters. The van der Waals surface area contributed by atoms with Crippen molar-refractivity contribution in [2.45, 2.75) is 6.18 Å². The summed E-state index contributed by atoms with van der Waals surface area (Å²) >= 11 is 0. The number of nitrogens with zero attached hydrogens (tertiary/aromatic N) is 2. The number of alkyl halides is 3. The highest BCUT2D eigenvalue weighted by atomic mass is 19.4. The van der Waals surface area contributed by atoms with Crippen molar-refractivity contribution in [2.75, 3.05) is 44.2 Å². The average molecular weight is 313 g/mol. The van der Waals surface area contributed by atoms with Crippen LogP contribution in [0, 0.1) is 5.92 Å². The number of amides is 1. The molecule has 1 amide bonds. The molecule has 2 aliphatic heterocycles. The Bertz CT molecular complexity index is 549. The zero-order valence-corrected chi connectivity index (χ0v) is 12.1. The summed E-state index contributed by atoms with van der Waals surface area (Å²) in [7, 11) is 0.